The van der Waals surface area contributed by atoms with Crippen molar-refractivity contribution in [3.8, 4) is 0 Å². The van der Waals surface area contributed by atoms with Crippen LogP contribution < -0.4 is 5.73 Å². The zero-order valence-electron chi connectivity index (χ0n) is 9.84. The van der Waals surface area contributed by atoms with Crippen molar-refractivity contribution in [3.05, 3.63) is 29.8 Å². The van der Waals surface area contributed by atoms with Gasteiger partial charge in [-0.15, -0.1) is 0 Å². The number of sulfone groups is 1. The fraction of sp³-hybridized carbons (Fsp3) is 0.455. The highest BCUT2D eigenvalue weighted by atomic mass is 32.2. The molecule has 0 radical (unpaired) electrons. The summed E-state index contributed by atoms with van der Waals surface area (Å²) in [7, 11) is -3.30. The predicted molar refractivity (Wildman–Crippen MR) is 63.3 cm³/mol. The zero-order valence-corrected chi connectivity index (χ0v) is 10.7. The Hall–Kier alpha value is -1.05. The maximum absolute atomic E-state index is 12.5. The molecular weight excluding hydrogens is 264 g/mol. The molecule has 18 heavy (non-hydrogen) atoms. The van der Waals surface area contributed by atoms with E-state index >= 15 is 0 Å². The molecule has 0 unspecified atom stereocenters. The van der Waals surface area contributed by atoms with Gasteiger partial charge < -0.3 is 10.5 Å². The summed E-state index contributed by atoms with van der Waals surface area (Å²) in [5.74, 6) is 0. The molecule has 0 fully saturated rings. The minimum Gasteiger partial charge on any atom is -0.341 e. The third-order valence-corrected chi connectivity index (χ3v) is 3.57. The molecule has 2 N–H and O–H groups in total. The summed E-state index contributed by atoms with van der Waals surface area (Å²) < 4.78 is 51.9. The highest BCUT2D eigenvalue weighted by Crippen LogP contribution is 2.22. The van der Waals surface area contributed by atoms with Crippen LogP contribution in [0.1, 0.15) is 11.7 Å². The van der Waals surface area contributed by atoms with Crippen LogP contribution in [-0.2, 0) is 14.6 Å². The van der Waals surface area contributed by atoms with E-state index in [1.807, 2.05) is 0 Å². The van der Waals surface area contributed by atoms with Crippen LogP contribution in [0.25, 0.3) is 0 Å². The summed E-state index contributed by atoms with van der Waals surface area (Å²) in [6, 6.07) is 4.58. The minimum absolute atomic E-state index is 0.124. The van der Waals surface area contributed by atoms with Crippen LogP contribution in [0.15, 0.2) is 29.2 Å². The first-order valence-electron chi connectivity index (χ1n) is 5.19. The summed E-state index contributed by atoms with van der Waals surface area (Å²) >= 11 is 0. The number of benzene rings is 1. The minimum atomic E-state index is -3.30. The lowest BCUT2D eigenvalue weighted by atomic mass is 10.0. The Morgan fingerprint density at radius 1 is 1.28 bits per heavy atom. The molecule has 0 aliphatic carbocycles. The number of rotatable bonds is 6. The molecule has 0 aromatic heterocycles. The molecule has 1 aromatic rings. The van der Waals surface area contributed by atoms with Gasteiger partial charge in [-0.2, -0.15) is 0 Å². The number of ether oxygens (including phenoxy) is 1. The van der Waals surface area contributed by atoms with Crippen molar-refractivity contribution in [1.82, 2.24) is 0 Å². The van der Waals surface area contributed by atoms with Gasteiger partial charge in [0.15, 0.2) is 16.7 Å². The Morgan fingerprint density at radius 2 is 1.83 bits per heavy atom. The van der Waals surface area contributed by atoms with E-state index in [0.29, 0.717) is 5.56 Å². The van der Waals surface area contributed by atoms with Crippen LogP contribution in [-0.4, -0.2) is 34.3 Å². The van der Waals surface area contributed by atoms with Crippen LogP contribution in [0.4, 0.5) is 8.78 Å². The fourth-order valence-corrected chi connectivity index (χ4v) is 2.15. The quantitative estimate of drug-likeness (QED) is 0.854. The summed E-state index contributed by atoms with van der Waals surface area (Å²) in [4.78, 5) is 0.124. The summed E-state index contributed by atoms with van der Waals surface area (Å²) in [6.45, 7) is -1.95. The third-order valence-electron chi connectivity index (χ3n) is 2.45. The number of hydrogen-bond acceptors (Lipinski definition) is 4. The Balaban J connectivity index is 3.01. The van der Waals surface area contributed by atoms with Gasteiger partial charge in [0.25, 0.3) is 0 Å². The fourth-order valence-electron chi connectivity index (χ4n) is 1.52. The van der Waals surface area contributed by atoms with Gasteiger partial charge in [-0.3, -0.25) is 0 Å². The summed E-state index contributed by atoms with van der Waals surface area (Å²) in [6.07, 6.45) is 0.138. The van der Waals surface area contributed by atoms with Crippen molar-refractivity contribution in [3.63, 3.8) is 0 Å². The second-order valence-electron chi connectivity index (χ2n) is 3.86. The number of hydrogen-bond donors (Lipinski definition) is 1. The lowest BCUT2D eigenvalue weighted by molar-refractivity contribution is -0.0224. The molecule has 0 heterocycles. The largest absolute Gasteiger partial charge is 0.341 e. The normalized spacial score (nSPS) is 15.3. The second kappa shape index (κ2) is 6.21. The van der Waals surface area contributed by atoms with Gasteiger partial charge in [-0.25, -0.2) is 17.2 Å². The van der Waals surface area contributed by atoms with Crippen LogP contribution in [0.2, 0.25) is 0 Å². The number of alkyl halides is 2. The summed E-state index contributed by atoms with van der Waals surface area (Å²) in [5, 5.41) is 0. The Labute approximate surface area is 105 Å². The third kappa shape index (κ3) is 3.72. The van der Waals surface area contributed by atoms with Gasteiger partial charge in [-0.1, -0.05) is 12.1 Å². The van der Waals surface area contributed by atoms with Gasteiger partial charge in [0.05, 0.1) is 10.9 Å². The molecule has 0 spiro atoms. The molecule has 0 aliphatic heterocycles. The van der Waals surface area contributed by atoms with Crippen molar-refractivity contribution in [1.29, 1.82) is 0 Å². The van der Waals surface area contributed by atoms with Crippen molar-refractivity contribution in [2.24, 2.45) is 5.73 Å². The second-order valence-corrected chi connectivity index (χ2v) is 5.87. The first-order chi connectivity index (χ1) is 8.40. The smallest absolute Gasteiger partial charge is 0.189 e. The molecule has 1 aromatic carbocycles. The van der Waals surface area contributed by atoms with Crippen LogP contribution in [0.5, 0.6) is 0 Å². The van der Waals surface area contributed by atoms with E-state index < -0.39 is 35.5 Å². The van der Waals surface area contributed by atoms with E-state index in [-0.39, 0.29) is 4.90 Å². The highest BCUT2D eigenvalue weighted by molar-refractivity contribution is 7.90. The molecule has 1 rings (SSSR count). The highest BCUT2D eigenvalue weighted by Gasteiger charge is 2.21. The maximum atomic E-state index is 12.5. The molecule has 7 heteroatoms. The van der Waals surface area contributed by atoms with Gasteiger partial charge in [-0.05, 0) is 17.7 Å². The maximum Gasteiger partial charge on any atom is 0.189 e. The van der Waals surface area contributed by atoms with E-state index in [0.717, 1.165) is 6.26 Å². The van der Waals surface area contributed by atoms with E-state index in [9.17, 15) is 17.2 Å². The van der Waals surface area contributed by atoms with E-state index in [4.69, 9.17) is 10.5 Å². The van der Waals surface area contributed by atoms with Gasteiger partial charge in [0.1, 0.15) is 12.8 Å². The van der Waals surface area contributed by atoms with E-state index in [1.165, 1.54) is 24.3 Å². The van der Waals surface area contributed by atoms with Crippen LogP contribution in [0.3, 0.4) is 0 Å². The first kappa shape index (κ1) is 15.0. The van der Waals surface area contributed by atoms with Gasteiger partial charge in [0.2, 0.25) is 0 Å². The van der Waals surface area contributed by atoms with Crippen LogP contribution in [0, 0.1) is 0 Å². The summed E-state index contributed by atoms with van der Waals surface area (Å²) in [5.41, 5.74) is 5.91. The molecule has 0 bridgehead atoms. The molecule has 4 nitrogen and oxygen atoms in total. The molecule has 0 saturated heterocycles. The topological polar surface area (TPSA) is 69.4 Å². The Morgan fingerprint density at radius 3 is 2.22 bits per heavy atom. The van der Waals surface area contributed by atoms with Crippen molar-refractivity contribution >= 4 is 9.84 Å². The SMILES string of the molecule is CS(=O)(=O)c1ccc([C@@H](OCF)[C@H](N)CF)cc1. The average Bonchev–Trinajstić information content (AvgIpc) is 2.34. The average molecular weight is 279 g/mol. The zero-order chi connectivity index (χ0) is 13.8. The van der Waals surface area contributed by atoms with Crippen LogP contribution >= 0.6 is 0 Å². The monoisotopic (exact) mass is 279 g/mol. The van der Waals surface area contributed by atoms with Crippen molar-refractivity contribution < 1.29 is 21.9 Å². The predicted octanol–water partition coefficient (Wildman–Crippen LogP) is 1.37. The van der Waals surface area contributed by atoms with Gasteiger partial charge in [0, 0.05) is 6.26 Å². The number of nitrogens with two attached hydrogens (primary N) is 1. The molecule has 2 atom stereocenters. The van der Waals surface area contributed by atoms with Crippen molar-refractivity contribution in [2.45, 2.75) is 17.0 Å². The first-order valence-corrected chi connectivity index (χ1v) is 7.08. The molecule has 0 amide bonds. The Kier molecular flexibility index (Phi) is 5.18. The van der Waals surface area contributed by atoms with Crippen molar-refractivity contribution in [2.75, 3.05) is 19.8 Å². The number of halogens is 2. The lowest BCUT2D eigenvalue weighted by Gasteiger charge is -2.21. The van der Waals surface area contributed by atoms with Gasteiger partial charge >= 0.3 is 0 Å². The molecule has 102 valence electrons. The lowest BCUT2D eigenvalue weighted by Crippen LogP contribution is -2.32. The molecular formula is C11H15F2NO3S. The molecule has 0 saturated carbocycles. The Bertz CT molecular complexity index is 476. The van der Waals surface area contributed by atoms with E-state index in [1.54, 1.807) is 0 Å². The van der Waals surface area contributed by atoms with E-state index in [2.05, 4.69) is 0 Å². The molecule has 0 aliphatic rings. The standard InChI is InChI=1S/C11H15F2NO3S/c1-18(15,16)9-4-2-8(3-5-9)11(17-7-13)10(14)6-12/h2-5,10-11H,6-7,14H2,1H3/t10-,11-/m1/s1.